The van der Waals surface area contributed by atoms with Gasteiger partial charge in [-0.05, 0) is 51.1 Å². The van der Waals surface area contributed by atoms with Crippen molar-refractivity contribution < 1.29 is 0 Å². The van der Waals surface area contributed by atoms with E-state index in [2.05, 4.69) is 42.8 Å². The molecule has 0 bridgehead atoms. The van der Waals surface area contributed by atoms with E-state index in [9.17, 15) is 0 Å². The van der Waals surface area contributed by atoms with E-state index in [1.54, 1.807) is 0 Å². The van der Waals surface area contributed by atoms with Gasteiger partial charge in [0.25, 0.3) is 0 Å². The Morgan fingerprint density at radius 3 is 2.33 bits per heavy atom. The van der Waals surface area contributed by atoms with E-state index in [-0.39, 0.29) is 0 Å². The first kappa shape index (κ1) is 16.9. The van der Waals surface area contributed by atoms with Crippen molar-refractivity contribution in [2.24, 2.45) is 0 Å². The number of hydrogen-bond donors (Lipinski definition) is 0. The highest BCUT2D eigenvalue weighted by molar-refractivity contribution is 9.10. The Kier molecular flexibility index (Phi) is 9.09. The summed E-state index contributed by atoms with van der Waals surface area (Å²) >= 11 is 7.76. The van der Waals surface area contributed by atoms with Crippen LogP contribution in [0.5, 0.6) is 0 Å². The largest absolute Gasteiger partial charge is 0.121 e. The molecule has 1 aromatic rings. The normalized spacial score (nSPS) is 11.3. The molecule has 0 radical (unpaired) electrons. The number of unbranched alkanes of at least 4 members (excludes halogenated alkanes) is 2. The molecular formula is C14H22BrPS2. The molecule has 18 heavy (non-hydrogen) atoms. The summed E-state index contributed by atoms with van der Waals surface area (Å²) in [6.07, 6.45) is 5.21. The molecule has 1 aromatic heterocycles. The van der Waals surface area contributed by atoms with Crippen LogP contribution in [0, 0.1) is 6.92 Å². The minimum Gasteiger partial charge on any atom is -0.121 e. The van der Waals surface area contributed by atoms with Gasteiger partial charge < -0.3 is 0 Å². The van der Waals surface area contributed by atoms with Crippen LogP contribution in [0.4, 0.5) is 0 Å². The first-order chi connectivity index (χ1) is 8.69. The van der Waals surface area contributed by atoms with E-state index < -0.39 is 0 Å². The van der Waals surface area contributed by atoms with Gasteiger partial charge in [-0.3, -0.25) is 0 Å². The highest BCUT2D eigenvalue weighted by Gasteiger charge is 2.07. The second kappa shape index (κ2) is 9.69. The smallest absolute Gasteiger partial charge is 0.0396 e. The molecule has 0 saturated carbocycles. The van der Waals surface area contributed by atoms with E-state index in [0.717, 1.165) is 0 Å². The molecule has 4 heteroatoms. The summed E-state index contributed by atoms with van der Waals surface area (Å²) in [6.45, 7) is 6.75. The first-order valence-corrected chi connectivity index (χ1v) is 10.3. The van der Waals surface area contributed by atoms with Gasteiger partial charge in [0.05, 0.1) is 0 Å². The molecule has 0 saturated heterocycles. The maximum absolute atomic E-state index is 3.70. The molecule has 0 spiro atoms. The lowest BCUT2D eigenvalue weighted by atomic mass is 10.4. The maximum Gasteiger partial charge on any atom is 0.0396 e. The lowest BCUT2D eigenvalue weighted by Crippen LogP contribution is -1.83. The molecule has 1 rings (SSSR count). The average molecular weight is 365 g/mol. The van der Waals surface area contributed by atoms with Crippen LogP contribution in [0.2, 0.25) is 0 Å². The highest BCUT2D eigenvalue weighted by Crippen LogP contribution is 2.42. The quantitative estimate of drug-likeness (QED) is 0.355. The van der Waals surface area contributed by atoms with Crippen molar-refractivity contribution in [1.82, 2.24) is 0 Å². The predicted octanol–water partition coefficient (Wildman–Crippen LogP) is 7.12. The van der Waals surface area contributed by atoms with Gasteiger partial charge in [0.1, 0.15) is 0 Å². The van der Waals surface area contributed by atoms with Gasteiger partial charge in [0.15, 0.2) is 0 Å². The Hall–Kier alpha value is 0.830. The summed E-state index contributed by atoms with van der Waals surface area (Å²) < 4.78 is 4.32. The van der Waals surface area contributed by atoms with Gasteiger partial charge in [-0.2, -0.15) is 0 Å². The molecule has 0 nitrogen and oxygen atoms in total. The maximum atomic E-state index is 3.70. The van der Waals surface area contributed by atoms with Crippen molar-refractivity contribution in [3.8, 4) is 0 Å². The molecule has 0 amide bonds. The molecular weight excluding hydrogens is 343 g/mol. The van der Waals surface area contributed by atoms with Crippen LogP contribution in [0.25, 0.3) is 0 Å². The Morgan fingerprint density at radius 2 is 1.72 bits per heavy atom. The Balaban J connectivity index is 2.69. The second-order valence-corrected chi connectivity index (χ2v) is 9.13. The molecule has 0 aromatic carbocycles. The van der Waals surface area contributed by atoms with Crippen molar-refractivity contribution in [3.63, 3.8) is 0 Å². The van der Waals surface area contributed by atoms with Gasteiger partial charge in [-0.1, -0.05) is 42.6 Å². The first-order valence-electron chi connectivity index (χ1n) is 6.61. The van der Waals surface area contributed by atoms with E-state index >= 15 is 0 Å². The van der Waals surface area contributed by atoms with E-state index in [0.29, 0.717) is 0 Å². The SMILES string of the molecule is CCCCSc1cc(Br)c(C)c(SCCCC)p1. The van der Waals surface area contributed by atoms with Crippen LogP contribution in [-0.4, -0.2) is 11.5 Å². The fourth-order valence-corrected chi connectivity index (χ4v) is 6.71. The lowest BCUT2D eigenvalue weighted by molar-refractivity contribution is 0.896. The van der Waals surface area contributed by atoms with E-state index in [1.807, 2.05) is 23.5 Å². The second-order valence-electron chi connectivity index (χ2n) is 4.28. The molecule has 1 heterocycles. The molecule has 0 atom stereocenters. The van der Waals surface area contributed by atoms with Crippen molar-refractivity contribution in [2.75, 3.05) is 11.5 Å². The summed E-state index contributed by atoms with van der Waals surface area (Å²) in [5, 5.41) is 0. The molecule has 0 aliphatic heterocycles. The topological polar surface area (TPSA) is 0 Å². The minimum atomic E-state index is 1.25. The monoisotopic (exact) mass is 364 g/mol. The predicted molar refractivity (Wildman–Crippen MR) is 92.7 cm³/mol. The van der Waals surface area contributed by atoms with Crippen LogP contribution in [0.3, 0.4) is 0 Å². The van der Waals surface area contributed by atoms with E-state index in [1.165, 1.54) is 64.7 Å². The standard InChI is InChI=1S/C14H22BrPS2/c1-4-6-8-17-13-10-12(15)11(3)14(16-13)18-9-7-5-2/h10H,4-9H2,1-3H3. The van der Waals surface area contributed by atoms with Crippen molar-refractivity contribution in [1.29, 1.82) is 0 Å². The van der Waals surface area contributed by atoms with Crippen LogP contribution in [0.1, 0.15) is 45.1 Å². The zero-order valence-electron chi connectivity index (χ0n) is 11.5. The summed E-state index contributed by atoms with van der Waals surface area (Å²) in [6, 6.07) is 2.31. The Labute approximate surface area is 130 Å². The summed E-state index contributed by atoms with van der Waals surface area (Å²) in [5.74, 6) is 2.50. The van der Waals surface area contributed by atoms with Crippen molar-refractivity contribution in [3.05, 3.63) is 16.1 Å². The van der Waals surface area contributed by atoms with Crippen molar-refractivity contribution >= 4 is 47.6 Å². The van der Waals surface area contributed by atoms with Gasteiger partial charge in [-0.25, -0.2) is 0 Å². The van der Waals surface area contributed by atoms with Crippen molar-refractivity contribution in [2.45, 2.75) is 55.7 Å². The third kappa shape index (κ3) is 5.86. The fraction of sp³-hybridized carbons (Fsp3) is 0.643. The molecule has 0 aliphatic carbocycles. The van der Waals surface area contributed by atoms with E-state index in [4.69, 9.17) is 0 Å². The van der Waals surface area contributed by atoms with Gasteiger partial charge in [0.2, 0.25) is 0 Å². The average Bonchev–Trinajstić information content (AvgIpc) is 2.35. The summed E-state index contributed by atoms with van der Waals surface area (Å²) in [5.41, 5.74) is 1.43. The Bertz CT molecular complexity index is 369. The van der Waals surface area contributed by atoms with Gasteiger partial charge in [0, 0.05) is 13.7 Å². The zero-order valence-corrected chi connectivity index (χ0v) is 15.6. The Morgan fingerprint density at radius 1 is 1.11 bits per heavy atom. The van der Waals surface area contributed by atoms with Crippen LogP contribution in [-0.2, 0) is 0 Å². The molecule has 0 unspecified atom stereocenters. The summed E-state index contributed by atoms with van der Waals surface area (Å²) in [4.78, 5) is 0. The third-order valence-corrected chi connectivity index (χ3v) is 7.64. The summed E-state index contributed by atoms with van der Waals surface area (Å²) in [7, 11) is 1.42. The number of rotatable bonds is 8. The third-order valence-electron chi connectivity index (χ3n) is 2.63. The van der Waals surface area contributed by atoms with Crippen LogP contribution < -0.4 is 0 Å². The van der Waals surface area contributed by atoms with Crippen LogP contribution in [0.15, 0.2) is 19.8 Å². The highest BCUT2D eigenvalue weighted by atomic mass is 79.9. The zero-order chi connectivity index (χ0) is 13.4. The van der Waals surface area contributed by atoms with Gasteiger partial charge >= 0.3 is 0 Å². The number of halogens is 1. The molecule has 0 aliphatic rings. The number of thioether (sulfide) groups is 2. The fourth-order valence-electron chi connectivity index (χ4n) is 1.38. The number of hydrogen-bond acceptors (Lipinski definition) is 2. The molecule has 102 valence electrons. The molecule has 0 N–H and O–H groups in total. The lowest BCUT2D eigenvalue weighted by Gasteiger charge is -2.10. The minimum absolute atomic E-state index is 1.25. The van der Waals surface area contributed by atoms with Crippen LogP contribution >= 0.6 is 47.6 Å². The van der Waals surface area contributed by atoms with Gasteiger partial charge in [-0.15, -0.1) is 23.5 Å². The molecule has 0 fully saturated rings.